The third-order valence-electron chi connectivity index (χ3n) is 4.97. The first kappa shape index (κ1) is 26.8. The first-order valence-electron chi connectivity index (χ1n) is 11.3. The topological polar surface area (TPSA) is 114 Å². The maximum Gasteiger partial charge on any atom is 0.306 e. The SMILES string of the molecule is O=C(CCC(=O)OCCCc1ccccc1)NC(=S)Nc1ccc(S(=O)(=O)Nc2ccccc2)cc1. The fraction of sp³-hybridized carbons (Fsp3) is 0.192. The van der Waals surface area contributed by atoms with E-state index in [1.165, 1.54) is 29.8 Å². The average Bonchev–Trinajstić information content (AvgIpc) is 2.86. The summed E-state index contributed by atoms with van der Waals surface area (Å²) in [6, 6.07) is 24.4. The molecule has 0 saturated heterocycles. The van der Waals surface area contributed by atoms with E-state index in [9.17, 15) is 18.0 Å². The standard InChI is InChI=1S/C26H27N3O5S2/c30-24(17-18-25(31)34-19-7-10-20-8-3-1-4-9-20)28-26(35)27-21-13-15-23(16-14-21)36(32,33)29-22-11-5-2-6-12-22/h1-6,8-9,11-16,29H,7,10,17-19H2,(H2,27,28,30,35). The number of carbonyl (C=O) groups is 2. The number of hydrogen-bond acceptors (Lipinski definition) is 6. The van der Waals surface area contributed by atoms with Crippen LogP contribution in [0.4, 0.5) is 11.4 Å². The van der Waals surface area contributed by atoms with Gasteiger partial charge in [0.25, 0.3) is 10.0 Å². The second-order valence-corrected chi connectivity index (χ2v) is 9.90. The first-order chi connectivity index (χ1) is 17.3. The molecule has 0 saturated carbocycles. The second-order valence-electron chi connectivity index (χ2n) is 7.81. The summed E-state index contributed by atoms with van der Waals surface area (Å²) in [6.07, 6.45) is 1.39. The fourth-order valence-corrected chi connectivity index (χ4v) is 4.47. The molecule has 3 N–H and O–H groups in total. The van der Waals surface area contributed by atoms with Crippen molar-refractivity contribution in [3.63, 3.8) is 0 Å². The molecule has 0 aliphatic heterocycles. The zero-order valence-electron chi connectivity index (χ0n) is 19.5. The number of thiocarbonyl (C=S) groups is 1. The number of rotatable bonds is 11. The van der Waals surface area contributed by atoms with Gasteiger partial charge in [-0.3, -0.25) is 14.3 Å². The van der Waals surface area contributed by atoms with Gasteiger partial charge < -0.3 is 15.4 Å². The van der Waals surface area contributed by atoms with Crippen molar-refractivity contribution in [3.05, 3.63) is 90.5 Å². The molecule has 1 amide bonds. The summed E-state index contributed by atoms with van der Waals surface area (Å²) >= 11 is 5.13. The van der Waals surface area contributed by atoms with Gasteiger partial charge in [0.1, 0.15) is 0 Å². The summed E-state index contributed by atoms with van der Waals surface area (Å²) < 4.78 is 32.7. The minimum Gasteiger partial charge on any atom is -0.466 e. The molecule has 0 spiro atoms. The van der Waals surface area contributed by atoms with Gasteiger partial charge >= 0.3 is 5.97 Å². The largest absolute Gasteiger partial charge is 0.466 e. The van der Waals surface area contributed by atoms with Gasteiger partial charge in [0.2, 0.25) is 5.91 Å². The summed E-state index contributed by atoms with van der Waals surface area (Å²) in [5.74, 6) is -0.877. The van der Waals surface area contributed by atoms with Crippen LogP contribution in [0.3, 0.4) is 0 Å². The quantitative estimate of drug-likeness (QED) is 0.195. The van der Waals surface area contributed by atoms with Crippen LogP contribution >= 0.6 is 12.2 Å². The average molecular weight is 526 g/mol. The monoisotopic (exact) mass is 525 g/mol. The number of esters is 1. The summed E-state index contributed by atoms with van der Waals surface area (Å²) in [6.45, 7) is 0.294. The zero-order chi connectivity index (χ0) is 25.8. The molecule has 0 radical (unpaired) electrons. The third-order valence-corrected chi connectivity index (χ3v) is 6.57. The lowest BCUT2D eigenvalue weighted by molar-refractivity contribution is -0.145. The highest BCUT2D eigenvalue weighted by Gasteiger charge is 2.14. The Morgan fingerprint density at radius 3 is 2.11 bits per heavy atom. The predicted molar refractivity (Wildman–Crippen MR) is 143 cm³/mol. The Balaban J connectivity index is 1.36. The number of aryl methyl sites for hydroxylation is 1. The van der Waals surface area contributed by atoms with Crippen LogP contribution in [0.2, 0.25) is 0 Å². The van der Waals surface area contributed by atoms with Crippen molar-refractivity contribution in [2.45, 2.75) is 30.6 Å². The Labute approximate surface area is 216 Å². The van der Waals surface area contributed by atoms with Gasteiger partial charge in [-0.2, -0.15) is 0 Å². The Kier molecular flexibility index (Phi) is 9.96. The van der Waals surface area contributed by atoms with E-state index in [-0.39, 0.29) is 22.8 Å². The number of para-hydroxylation sites is 1. The van der Waals surface area contributed by atoms with Crippen LogP contribution in [0.5, 0.6) is 0 Å². The van der Waals surface area contributed by atoms with Crippen LogP contribution in [0, 0.1) is 0 Å². The molecule has 188 valence electrons. The second kappa shape index (κ2) is 13.4. The molecule has 0 aliphatic rings. The van der Waals surface area contributed by atoms with E-state index in [0.29, 0.717) is 24.4 Å². The van der Waals surface area contributed by atoms with E-state index in [1.807, 2.05) is 30.3 Å². The Bertz CT molecular complexity index is 1270. The number of benzene rings is 3. The summed E-state index contributed by atoms with van der Waals surface area (Å²) in [4.78, 5) is 24.0. The molecule has 0 fully saturated rings. The van der Waals surface area contributed by atoms with Gasteiger partial charge in [0.15, 0.2) is 5.11 Å². The Morgan fingerprint density at radius 2 is 1.44 bits per heavy atom. The number of anilines is 2. The number of nitrogens with one attached hydrogen (secondary N) is 3. The van der Waals surface area contributed by atoms with Gasteiger partial charge in [0, 0.05) is 17.8 Å². The molecular weight excluding hydrogens is 498 g/mol. The molecule has 0 aromatic heterocycles. The molecule has 0 heterocycles. The van der Waals surface area contributed by atoms with Crippen molar-refractivity contribution in [1.82, 2.24) is 5.32 Å². The van der Waals surface area contributed by atoms with Crippen molar-refractivity contribution in [2.24, 2.45) is 0 Å². The molecule has 0 aliphatic carbocycles. The summed E-state index contributed by atoms with van der Waals surface area (Å²) in [7, 11) is -3.74. The lowest BCUT2D eigenvalue weighted by Crippen LogP contribution is -2.34. The normalized spacial score (nSPS) is 10.8. The third kappa shape index (κ3) is 9.12. The van der Waals surface area contributed by atoms with Gasteiger partial charge in [-0.1, -0.05) is 48.5 Å². The van der Waals surface area contributed by atoms with Crippen LogP contribution < -0.4 is 15.4 Å². The van der Waals surface area contributed by atoms with Gasteiger partial charge in [-0.05, 0) is 67.0 Å². The number of hydrogen-bond donors (Lipinski definition) is 3. The van der Waals surface area contributed by atoms with Crippen molar-refractivity contribution in [3.8, 4) is 0 Å². The molecule has 3 rings (SSSR count). The van der Waals surface area contributed by atoms with Crippen molar-refractivity contribution < 1.29 is 22.7 Å². The van der Waals surface area contributed by atoms with Gasteiger partial charge in [-0.25, -0.2) is 8.42 Å². The van der Waals surface area contributed by atoms with Crippen LogP contribution in [0.25, 0.3) is 0 Å². The molecule has 0 atom stereocenters. The predicted octanol–water partition coefficient (Wildman–Crippen LogP) is 4.26. The number of amides is 1. The molecule has 3 aromatic rings. The summed E-state index contributed by atoms with van der Waals surface area (Å²) in [5, 5.41) is 5.34. The van der Waals surface area contributed by atoms with E-state index in [1.54, 1.807) is 30.3 Å². The maximum atomic E-state index is 12.5. The number of ether oxygens (including phenoxy) is 1. The highest BCUT2D eigenvalue weighted by Crippen LogP contribution is 2.18. The minimum absolute atomic E-state index is 0.0363. The van der Waals surface area contributed by atoms with E-state index < -0.39 is 21.9 Å². The van der Waals surface area contributed by atoms with Crippen molar-refractivity contribution >= 4 is 50.6 Å². The van der Waals surface area contributed by atoms with Crippen LogP contribution in [-0.2, 0) is 30.8 Å². The van der Waals surface area contributed by atoms with E-state index in [4.69, 9.17) is 17.0 Å². The lowest BCUT2D eigenvalue weighted by atomic mass is 10.1. The molecular formula is C26H27N3O5S2. The molecule has 3 aromatic carbocycles. The minimum atomic E-state index is -3.74. The lowest BCUT2D eigenvalue weighted by Gasteiger charge is -2.11. The molecule has 10 heteroatoms. The van der Waals surface area contributed by atoms with E-state index >= 15 is 0 Å². The van der Waals surface area contributed by atoms with Crippen LogP contribution in [-0.4, -0.2) is 32.0 Å². The Hall–Kier alpha value is -3.76. The first-order valence-corrected chi connectivity index (χ1v) is 13.2. The van der Waals surface area contributed by atoms with Crippen LogP contribution in [0.15, 0.2) is 89.8 Å². The number of carbonyl (C=O) groups excluding carboxylic acids is 2. The van der Waals surface area contributed by atoms with Crippen LogP contribution in [0.1, 0.15) is 24.8 Å². The maximum absolute atomic E-state index is 12.5. The number of sulfonamides is 1. The van der Waals surface area contributed by atoms with E-state index in [2.05, 4.69) is 15.4 Å². The molecule has 0 unspecified atom stereocenters. The fourth-order valence-electron chi connectivity index (χ4n) is 3.18. The van der Waals surface area contributed by atoms with Crippen molar-refractivity contribution in [1.29, 1.82) is 0 Å². The highest BCUT2D eigenvalue weighted by atomic mass is 32.2. The van der Waals surface area contributed by atoms with Gasteiger partial charge in [0.05, 0.1) is 17.9 Å². The smallest absolute Gasteiger partial charge is 0.306 e. The molecule has 36 heavy (non-hydrogen) atoms. The molecule has 0 bridgehead atoms. The Morgan fingerprint density at radius 1 is 0.806 bits per heavy atom. The zero-order valence-corrected chi connectivity index (χ0v) is 21.1. The van der Waals surface area contributed by atoms with E-state index in [0.717, 1.165) is 6.42 Å². The van der Waals surface area contributed by atoms with Crippen molar-refractivity contribution in [2.75, 3.05) is 16.6 Å². The highest BCUT2D eigenvalue weighted by molar-refractivity contribution is 7.92. The summed E-state index contributed by atoms with van der Waals surface area (Å²) in [5.41, 5.74) is 2.13. The molecule has 8 nitrogen and oxygen atoms in total. The van der Waals surface area contributed by atoms with Gasteiger partial charge in [-0.15, -0.1) is 0 Å².